The van der Waals surface area contributed by atoms with Crippen molar-refractivity contribution in [2.45, 2.75) is 18.7 Å². The number of hydrogen-bond donors (Lipinski definition) is 1. The van der Waals surface area contributed by atoms with Crippen molar-refractivity contribution in [3.05, 3.63) is 29.3 Å². The van der Waals surface area contributed by atoms with Crippen LogP contribution in [0.15, 0.2) is 23.1 Å². The molecule has 0 fully saturated rings. The van der Waals surface area contributed by atoms with Crippen LogP contribution < -0.4 is 0 Å². The van der Waals surface area contributed by atoms with Crippen molar-refractivity contribution in [1.29, 1.82) is 0 Å². The minimum atomic E-state index is -3.91. The van der Waals surface area contributed by atoms with Gasteiger partial charge in [-0.25, -0.2) is 13.2 Å². The van der Waals surface area contributed by atoms with Crippen LogP contribution in [0.2, 0.25) is 0 Å². The van der Waals surface area contributed by atoms with Crippen LogP contribution in [-0.2, 0) is 19.4 Å². The molecule has 1 N–H and O–H groups in total. The highest BCUT2D eigenvalue weighted by Gasteiger charge is 2.23. The van der Waals surface area contributed by atoms with Crippen LogP contribution >= 0.6 is 0 Å². The second kappa shape index (κ2) is 5.83. The molecule has 0 spiro atoms. The van der Waals surface area contributed by atoms with Crippen molar-refractivity contribution in [2.24, 2.45) is 0 Å². The Labute approximate surface area is 110 Å². The number of hydrogen-bond acceptors (Lipinski definition) is 5. The van der Waals surface area contributed by atoms with Crippen LogP contribution in [0.5, 0.6) is 0 Å². The third-order valence-electron chi connectivity index (χ3n) is 2.38. The molecule has 0 heterocycles. The molecule has 0 aliphatic rings. The van der Waals surface area contributed by atoms with Gasteiger partial charge >= 0.3 is 11.9 Å². The van der Waals surface area contributed by atoms with Crippen LogP contribution in [-0.4, -0.2) is 37.8 Å². The van der Waals surface area contributed by atoms with E-state index in [4.69, 9.17) is 5.11 Å². The van der Waals surface area contributed by atoms with Crippen molar-refractivity contribution in [1.82, 2.24) is 0 Å². The van der Waals surface area contributed by atoms with Gasteiger partial charge in [-0.3, -0.25) is 4.79 Å². The number of rotatable bonds is 5. The Morgan fingerprint density at radius 2 is 1.95 bits per heavy atom. The quantitative estimate of drug-likeness (QED) is 0.812. The first-order chi connectivity index (χ1) is 8.77. The number of carbonyl (C=O) groups excluding carboxylic acids is 1. The van der Waals surface area contributed by atoms with Gasteiger partial charge in [-0.2, -0.15) is 0 Å². The highest BCUT2D eigenvalue weighted by atomic mass is 32.2. The molecule has 19 heavy (non-hydrogen) atoms. The van der Waals surface area contributed by atoms with Crippen molar-refractivity contribution in [3.63, 3.8) is 0 Å². The molecule has 0 aliphatic carbocycles. The van der Waals surface area contributed by atoms with E-state index in [2.05, 4.69) is 4.74 Å². The van der Waals surface area contributed by atoms with Crippen molar-refractivity contribution in [3.8, 4) is 0 Å². The molecule has 0 aliphatic heterocycles. The molecule has 0 bridgehead atoms. The van der Waals surface area contributed by atoms with Gasteiger partial charge in [0, 0.05) is 0 Å². The van der Waals surface area contributed by atoms with Crippen molar-refractivity contribution < 1.29 is 27.9 Å². The van der Waals surface area contributed by atoms with E-state index in [1.807, 2.05) is 0 Å². The minimum absolute atomic E-state index is 0.0858. The fourth-order valence-electron chi connectivity index (χ4n) is 1.50. The average Bonchev–Trinajstić information content (AvgIpc) is 2.28. The van der Waals surface area contributed by atoms with E-state index < -0.39 is 27.5 Å². The molecule has 1 rings (SSSR count). The fourth-order valence-corrected chi connectivity index (χ4v) is 2.92. The molecule has 0 saturated carbocycles. The molecule has 0 radical (unpaired) electrons. The lowest BCUT2D eigenvalue weighted by Gasteiger charge is -2.08. The molecule has 0 saturated heterocycles. The second-order valence-corrected chi connectivity index (χ2v) is 5.81. The van der Waals surface area contributed by atoms with Gasteiger partial charge < -0.3 is 9.84 Å². The number of benzene rings is 1. The van der Waals surface area contributed by atoms with E-state index in [1.54, 1.807) is 6.92 Å². The van der Waals surface area contributed by atoms with Crippen LogP contribution in [0.4, 0.5) is 0 Å². The predicted octanol–water partition coefficient (Wildman–Crippen LogP) is 1.03. The summed E-state index contributed by atoms with van der Waals surface area (Å²) in [6.07, 6.45) is 0. The molecule has 0 atom stereocenters. The van der Waals surface area contributed by atoms with Crippen molar-refractivity contribution >= 4 is 21.8 Å². The number of aromatic carboxylic acids is 1. The fraction of sp³-hybridized carbons (Fsp3) is 0.333. The first-order valence-electron chi connectivity index (χ1n) is 5.50. The maximum Gasteiger partial charge on any atom is 0.335 e. The Hall–Kier alpha value is -1.89. The van der Waals surface area contributed by atoms with Gasteiger partial charge in [-0.05, 0) is 31.5 Å². The molecule has 104 valence electrons. The summed E-state index contributed by atoms with van der Waals surface area (Å²) < 4.78 is 28.6. The summed E-state index contributed by atoms with van der Waals surface area (Å²) in [5.74, 6) is -2.89. The number of ether oxygens (including phenoxy) is 1. The summed E-state index contributed by atoms with van der Waals surface area (Å²) in [4.78, 5) is 21.9. The largest absolute Gasteiger partial charge is 0.478 e. The zero-order chi connectivity index (χ0) is 14.6. The van der Waals surface area contributed by atoms with E-state index in [-0.39, 0.29) is 17.1 Å². The molecular formula is C12H14O6S. The van der Waals surface area contributed by atoms with Gasteiger partial charge in [0.05, 0.1) is 17.1 Å². The monoisotopic (exact) mass is 286 g/mol. The average molecular weight is 286 g/mol. The zero-order valence-electron chi connectivity index (χ0n) is 10.5. The van der Waals surface area contributed by atoms with Crippen LogP contribution in [0.1, 0.15) is 22.8 Å². The predicted molar refractivity (Wildman–Crippen MR) is 66.8 cm³/mol. The second-order valence-electron chi connectivity index (χ2n) is 3.85. The van der Waals surface area contributed by atoms with Crippen LogP contribution in [0.3, 0.4) is 0 Å². The summed E-state index contributed by atoms with van der Waals surface area (Å²) in [7, 11) is -3.91. The first kappa shape index (κ1) is 15.2. The Balaban J connectivity index is 3.17. The lowest BCUT2D eigenvalue weighted by atomic mass is 10.1. The lowest BCUT2D eigenvalue weighted by molar-refractivity contribution is -0.139. The summed E-state index contributed by atoms with van der Waals surface area (Å²) in [5, 5.41) is 8.85. The number of sulfone groups is 1. The highest BCUT2D eigenvalue weighted by Crippen LogP contribution is 2.19. The standard InChI is InChI=1S/C12H14O6S/c1-3-18-11(13)7-19(16,17)10-6-9(12(14)15)5-4-8(10)2/h4-6H,3,7H2,1-2H3,(H,14,15). The smallest absolute Gasteiger partial charge is 0.335 e. The Kier molecular flexibility index (Phi) is 4.66. The molecule has 1 aromatic carbocycles. The van der Waals surface area contributed by atoms with Gasteiger partial charge in [-0.15, -0.1) is 0 Å². The maximum absolute atomic E-state index is 12.0. The highest BCUT2D eigenvalue weighted by molar-refractivity contribution is 7.92. The Morgan fingerprint density at radius 3 is 2.47 bits per heavy atom. The minimum Gasteiger partial charge on any atom is -0.478 e. The molecule has 1 aromatic rings. The Morgan fingerprint density at radius 1 is 1.32 bits per heavy atom. The van der Waals surface area contributed by atoms with Gasteiger partial charge in [0.1, 0.15) is 0 Å². The van der Waals surface area contributed by atoms with Gasteiger partial charge in [-0.1, -0.05) is 6.07 Å². The van der Waals surface area contributed by atoms with Crippen LogP contribution in [0.25, 0.3) is 0 Å². The summed E-state index contributed by atoms with van der Waals surface area (Å²) in [6.45, 7) is 3.19. The van der Waals surface area contributed by atoms with Crippen molar-refractivity contribution in [2.75, 3.05) is 12.4 Å². The lowest BCUT2D eigenvalue weighted by Crippen LogP contribution is -2.19. The first-order valence-corrected chi connectivity index (χ1v) is 7.15. The molecule has 6 nitrogen and oxygen atoms in total. The third-order valence-corrected chi connectivity index (χ3v) is 4.11. The zero-order valence-corrected chi connectivity index (χ0v) is 11.4. The number of carboxylic acids is 1. The maximum atomic E-state index is 12.0. The van der Waals surface area contributed by atoms with Gasteiger partial charge in [0.15, 0.2) is 15.6 Å². The molecular weight excluding hydrogens is 272 g/mol. The summed E-state index contributed by atoms with van der Waals surface area (Å²) in [6, 6.07) is 3.74. The van der Waals surface area contributed by atoms with E-state index in [0.717, 1.165) is 6.07 Å². The summed E-state index contributed by atoms with van der Waals surface area (Å²) in [5.41, 5.74) is 0.238. The number of carbonyl (C=O) groups is 2. The SMILES string of the molecule is CCOC(=O)CS(=O)(=O)c1cc(C(=O)O)ccc1C. The Bertz CT molecular complexity index is 603. The number of carboxylic acid groups (broad SMARTS) is 1. The van der Waals surface area contributed by atoms with E-state index >= 15 is 0 Å². The van der Waals surface area contributed by atoms with Gasteiger partial charge in [0.2, 0.25) is 0 Å². The normalized spacial score (nSPS) is 11.1. The molecule has 7 heteroatoms. The van der Waals surface area contributed by atoms with E-state index in [1.165, 1.54) is 19.1 Å². The van der Waals surface area contributed by atoms with E-state index in [9.17, 15) is 18.0 Å². The topological polar surface area (TPSA) is 97.7 Å². The third kappa shape index (κ3) is 3.78. The molecule has 0 aromatic heterocycles. The number of aryl methyl sites for hydroxylation is 1. The van der Waals surface area contributed by atoms with E-state index in [0.29, 0.717) is 5.56 Å². The molecule has 0 unspecified atom stereocenters. The van der Waals surface area contributed by atoms with Crippen LogP contribution in [0, 0.1) is 6.92 Å². The summed E-state index contributed by atoms with van der Waals surface area (Å²) >= 11 is 0. The molecule has 0 amide bonds. The number of esters is 1. The van der Waals surface area contributed by atoms with Gasteiger partial charge in [0.25, 0.3) is 0 Å².